The second-order valence-electron chi connectivity index (χ2n) is 32.3. The summed E-state index contributed by atoms with van der Waals surface area (Å²) in [5.41, 5.74) is 8.73. The van der Waals surface area contributed by atoms with Crippen LogP contribution in [0.1, 0.15) is 220 Å². The number of hydrogen-bond acceptors (Lipinski definition) is 15. The first-order chi connectivity index (χ1) is 49.0. The average molecular weight is 1470 g/mol. The van der Waals surface area contributed by atoms with Crippen LogP contribution in [0.5, 0.6) is 0 Å². The molecule has 6 unspecified atom stereocenters. The van der Waals surface area contributed by atoms with E-state index in [2.05, 4.69) is 139 Å². The van der Waals surface area contributed by atoms with Crippen molar-refractivity contribution in [2.75, 3.05) is 125 Å². The van der Waals surface area contributed by atoms with Crippen LogP contribution >= 0.6 is 0 Å². The van der Waals surface area contributed by atoms with E-state index in [0.717, 1.165) is 143 Å². The summed E-state index contributed by atoms with van der Waals surface area (Å²) in [6.07, 6.45) is 16.3. The highest BCUT2D eigenvalue weighted by Gasteiger charge is 2.41. The summed E-state index contributed by atoms with van der Waals surface area (Å²) in [5, 5.41) is 1.94. The molecule has 19 nitrogen and oxygen atoms in total. The minimum atomic E-state index is -0.232. The van der Waals surface area contributed by atoms with Crippen molar-refractivity contribution in [3.63, 3.8) is 0 Å². The summed E-state index contributed by atoms with van der Waals surface area (Å²) in [4.78, 5) is 68.8. The molecule has 0 aliphatic carbocycles. The molecule has 0 saturated carbocycles. The number of benzene rings is 1. The lowest BCUT2D eigenvalue weighted by atomic mass is 9.92. The van der Waals surface area contributed by atoms with Gasteiger partial charge in [0.25, 0.3) is 0 Å². The molecule has 602 valence electrons. The van der Waals surface area contributed by atoms with Gasteiger partial charge in [-0.05, 0) is 111 Å². The van der Waals surface area contributed by atoms with Gasteiger partial charge in [0.2, 0.25) is 17.7 Å². The number of hydrogen-bond donors (Lipinski definition) is 0. The molecule has 19 heteroatoms. The maximum absolute atomic E-state index is 11.7. The number of ether oxygens (including phenoxy) is 5. The Labute approximate surface area is 640 Å². The van der Waals surface area contributed by atoms with E-state index in [1.54, 1.807) is 4.90 Å². The number of methoxy groups -OCH3 is 1. The molecule has 11 aliphatic rings. The van der Waals surface area contributed by atoms with Gasteiger partial charge in [0.05, 0.1) is 89.7 Å². The van der Waals surface area contributed by atoms with Crippen molar-refractivity contribution in [3.05, 3.63) is 96.8 Å². The van der Waals surface area contributed by atoms with E-state index in [9.17, 15) is 19.2 Å². The number of carbonyl (C=O) groups excluding carboxylic acids is 4. The van der Waals surface area contributed by atoms with Crippen molar-refractivity contribution in [2.24, 2.45) is 47.3 Å². The van der Waals surface area contributed by atoms with Crippen LogP contribution in [0.4, 0.5) is 4.79 Å². The molecule has 0 N–H and O–H groups in total. The van der Waals surface area contributed by atoms with Crippen molar-refractivity contribution >= 4 is 23.8 Å². The van der Waals surface area contributed by atoms with Gasteiger partial charge in [-0.1, -0.05) is 196 Å². The van der Waals surface area contributed by atoms with E-state index < -0.39 is 0 Å². The van der Waals surface area contributed by atoms with Gasteiger partial charge in [0, 0.05) is 131 Å². The number of piperazine rings is 1. The molecule has 11 aliphatic heterocycles. The van der Waals surface area contributed by atoms with Crippen LogP contribution in [-0.2, 0) is 56.0 Å². The molecule has 0 radical (unpaired) electrons. The highest BCUT2D eigenvalue weighted by atomic mass is 16.7. The fourth-order valence-corrected chi connectivity index (χ4v) is 14.7. The van der Waals surface area contributed by atoms with E-state index in [0.29, 0.717) is 78.4 Å². The average Bonchev–Trinajstić information content (AvgIpc) is 1.57. The maximum atomic E-state index is 11.7. The quantitative estimate of drug-likeness (QED) is 0.184. The SMILES string of the molecule is C.C.C=C(C(C)C)N1C2CCC1COC2.C=C(C(C)C)N1C2CCCC1COC2.C=C(C(C)C)N1CC2CC1CO2.C=C(C(C)C)N1CCCCO1.C=C(C(C)C)N1CCN(C(=O)OC)CC1.CC(C)C(=O)N1CCCCCC1.CC(C)C(=O)N1CCCOCC1.CC(C)C(=O)N1Cc2ccccc2C1. The number of rotatable bonds is 13. The molecule has 6 atom stereocenters. The standard InChI is InChI=1S/C12H21NO.C12H15NO.C11H20N2O2.C11H19NO.C10H17NO.C10H19NO.C9H17NO2.C9H17NO.2CH4/c1-9(2)10(3)13-11-5-4-6-12(13)8-14-7-11;1-9(2)12(14)13-7-10-5-3-4-6-11(10)8-13;1-9(2)10(3)12-5-7-13(8-6-12)11(14)15-4;1-8(2)9(3)12-10-4-5-11(12)7-13-6-10;1-7(2)8(3)11-5-10-4-9(11)6-12-10;1-9(2)10(12)11-7-5-3-4-6-8-11;1-8(2)9(11)10-4-3-6-12-7-5-10;1-8(2)9(3)10-6-4-5-7-11-10;;/h9,11-12H,3-8H2,1-2H3;3-6,9H,7-8H2,1-2H3;9H,3,5-8H2,1-2,4H3;8,10-11H,3-7H2,1-2H3;7,9-10H,3-6H2,1-2H3;9H,3-8H2,1-2H3;8H,3-7H2,1-2H3;8H,3-7H2,1-2H3;2*1H4. The smallest absolute Gasteiger partial charge is 0.409 e. The number of piperidine rings is 1. The third-order valence-electron chi connectivity index (χ3n) is 21.5. The van der Waals surface area contributed by atoms with Crippen molar-refractivity contribution in [1.29, 1.82) is 0 Å². The van der Waals surface area contributed by atoms with E-state index in [4.69, 9.17) is 23.8 Å². The summed E-state index contributed by atoms with van der Waals surface area (Å²) in [6, 6.07) is 11.3. The Morgan fingerprint density at radius 3 is 1.24 bits per heavy atom. The van der Waals surface area contributed by atoms with Gasteiger partial charge in [-0.25, -0.2) is 4.79 Å². The van der Waals surface area contributed by atoms with Gasteiger partial charge < -0.3 is 62.9 Å². The first-order valence-electron chi connectivity index (χ1n) is 40.0. The topological polar surface area (TPSA) is 153 Å². The van der Waals surface area contributed by atoms with Crippen LogP contribution in [-0.4, -0.2) is 230 Å². The molecule has 1 aromatic rings. The number of likely N-dealkylation sites (tertiary alicyclic amines) is 2. The molecular weight excluding hydrogens is 1320 g/mol. The molecule has 10 fully saturated rings. The number of allylic oxidation sites excluding steroid dienone is 5. The van der Waals surface area contributed by atoms with Crippen molar-refractivity contribution in [1.82, 2.24) is 44.3 Å². The summed E-state index contributed by atoms with van der Waals surface area (Å²) >= 11 is 0. The highest BCUT2D eigenvalue weighted by molar-refractivity contribution is 5.79. The Kier molecular flexibility index (Phi) is 42.8. The van der Waals surface area contributed by atoms with Crippen LogP contribution in [0.2, 0.25) is 0 Å². The lowest BCUT2D eigenvalue weighted by Crippen LogP contribution is -2.54. The second kappa shape index (κ2) is 48.0. The lowest BCUT2D eigenvalue weighted by molar-refractivity contribution is -0.158. The molecule has 0 aromatic heterocycles. The van der Waals surface area contributed by atoms with Gasteiger partial charge >= 0.3 is 6.09 Å². The Balaban J connectivity index is 0.000000311. The third-order valence-corrected chi connectivity index (χ3v) is 21.5. The molecule has 0 spiro atoms. The number of fused-ring (bicyclic) bond motifs is 7. The Bertz CT molecular complexity index is 2660. The lowest BCUT2D eigenvalue weighted by Gasteiger charge is -2.49. The molecular formula is C86H153N9O10. The number of amides is 4. The zero-order chi connectivity index (χ0) is 76.0. The summed E-state index contributed by atoms with van der Waals surface area (Å²) in [5.74, 6) is 3.89. The van der Waals surface area contributed by atoms with Gasteiger partial charge in [-0.3, -0.25) is 24.3 Å². The van der Waals surface area contributed by atoms with Crippen molar-refractivity contribution < 1.29 is 47.7 Å². The predicted octanol–water partition coefficient (Wildman–Crippen LogP) is 16.2. The molecule has 6 bridgehead atoms. The normalized spacial score (nSPS) is 22.9. The summed E-state index contributed by atoms with van der Waals surface area (Å²) in [7, 11) is 1.42. The molecule has 11 heterocycles. The predicted molar refractivity (Wildman–Crippen MR) is 431 cm³/mol. The fourth-order valence-electron chi connectivity index (χ4n) is 14.7. The van der Waals surface area contributed by atoms with E-state index in [-0.39, 0.29) is 50.5 Å². The summed E-state index contributed by atoms with van der Waals surface area (Å²) < 4.78 is 26.6. The van der Waals surface area contributed by atoms with Crippen LogP contribution in [0.3, 0.4) is 0 Å². The van der Waals surface area contributed by atoms with Crippen molar-refractivity contribution in [2.45, 2.75) is 259 Å². The Hall–Kier alpha value is -5.60. The van der Waals surface area contributed by atoms with Crippen LogP contribution in [0.15, 0.2) is 85.6 Å². The number of hydroxylamine groups is 2. The monoisotopic (exact) mass is 1470 g/mol. The third kappa shape index (κ3) is 29.7. The minimum absolute atomic E-state index is 0. The van der Waals surface area contributed by atoms with Gasteiger partial charge in [-0.2, -0.15) is 0 Å². The molecule has 4 amide bonds. The zero-order valence-electron chi connectivity index (χ0n) is 67.9. The molecule has 10 saturated heterocycles. The fraction of sp³-hybridized carbons (Fsp3) is 0.767. The highest BCUT2D eigenvalue weighted by Crippen LogP contribution is 2.36. The first kappa shape index (κ1) is 93.6. The molecule has 12 rings (SSSR count). The zero-order valence-corrected chi connectivity index (χ0v) is 67.9. The van der Waals surface area contributed by atoms with Crippen LogP contribution < -0.4 is 0 Å². The first-order valence-corrected chi connectivity index (χ1v) is 40.0. The summed E-state index contributed by atoms with van der Waals surface area (Å²) in [6.45, 7) is 71.4. The van der Waals surface area contributed by atoms with E-state index >= 15 is 0 Å². The minimum Gasteiger partial charge on any atom is -0.453 e. The maximum Gasteiger partial charge on any atom is 0.409 e. The number of nitrogens with zero attached hydrogens (tertiary/aromatic N) is 9. The number of morpholine rings is 3. The Morgan fingerprint density at radius 2 is 0.829 bits per heavy atom. The van der Waals surface area contributed by atoms with Crippen molar-refractivity contribution in [3.8, 4) is 0 Å². The van der Waals surface area contributed by atoms with Gasteiger partial charge in [0.15, 0.2) is 0 Å². The molecule has 105 heavy (non-hydrogen) atoms. The Morgan fingerprint density at radius 1 is 0.400 bits per heavy atom. The van der Waals surface area contributed by atoms with Crippen LogP contribution in [0, 0.1) is 47.3 Å². The van der Waals surface area contributed by atoms with E-state index in [1.165, 1.54) is 112 Å². The largest absolute Gasteiger partial charge is 0.453 e. The number of carbonyl (C=O) groups is 4. The van der Waals surface area contributed by atoms with Gasteiger partial charge in [0.1, 0.15) is 0 Å². The van der Waals surface area contributed by atoms with Crippen LogP contribution in [0.25, 0.3) is 0 Å². The molecule has 1 aromatic carbocycles. The second-order valence-corrected chi connectivity index (χ2v) is 32.3. The van der Waals surface area contributed by atoms with E-state index in [1.807, 2.05) is 73.4 Å². The van der Waals surface area contributed by atoms with Gasteiger partial charge in [-0.15, -0.1) is 0 Å².